The summed E-state index contributed by atoms with van der Waals surface area (Å²) in [5.74, 6) is -0.857. The summed E-state index contributed by atoms with van der Waals surface area (Å²) < 4.78 is 67.6. The van der Waals surface area contributed by atoms with Crippen molar-refractivity contribution in [3.63, 3.8) is 0 Å². The number of esters is 1. The van der Waals surface area contributed by atoms with Gasteiger partial charge in [-0.15, -0.1) is 0 Å². The van der Waals surface area contributed by atoms with Gasteiger partial charge < -0.3 is 4.74 Å². The van der Waals surface area contributed by atoms with E-state index >= 15 is 0 Å². The predicted molar refractivity (Wildman–Crippen MR) is 54.7 cm³/mol. The summed E-state index contributed by atoms with van der Waals surface area (Å²) in [6.45, 7) is 0.916. The van der Waals surface area contributed by atoms with E-state index < -0.39 is 47.5 Å². The Hall–Kier alpha value is -1.73. The molecule has 0 amide bonds. The van der Waals surface area contributed by atoms with Crippen LogP contribution in [0.3, 0.4) is 0 Å². The summed E-state index contributed by atoms with van der Waals surface area (Å²) in [6, 6.07) is 0.784. The van der Waals surface area contributed by atoms with Crippen LogP contribution in [0.4, 0.5) is 22.0 Å². The van der Waals surface area contributed by atoms with Crippen molar-refractivity contribution >= 4 is 5.97 Å². The summed E-state index contributed by atoms with van der Waals surface area (Å²) in [5.41, 5.74) is -3.25. The largest absolute Gasteiger partial charge is 0.469 e. The first-order valence-electron chi connectivity index (χ1n) is 5.09. The van der Waals surface area contributed by atoms with Crippen molar-refractivity contribution in [3.05, 3.63) is 28.6 Å². The van der Waals surface area contributed by atoms with E-state index in [1.165, 1.54) is 0 Å². The van der Waals surface area contributed by atoms with Gasteiger partial charge in [0.25, 0.3) is 6.43 Å². The van der Waals surface area contributed by atoms with Gasteiger partial charge in [0.15, 0.2) is 0 Å². The molecule has 0 aliphatic rings. The summed E-state index contributed by atoms with van der Waals surface area (Å²) in [7, 11) is 1.04. The Kier molecular flexibility index (Phi) is 4.43. The van der Waals surface area contributed by atoms with E-state index in [4.69, 9.17) is 0 Å². The summed E-state index contributed by atoms with van der Waals surface area (Å²) in [6.07, 6.45) is -8.54. The molecule has 8 heteroatoms. The van der Waals surface area contributed by atoms with Gasteiger partial charge >= 0.3 is 12.1 Å². The molecule has 0 fully saturated rings. The van der Waals surface area contributed by atoms with E-state index in [0.29, 0.717) is 0 Å². The van der Waals surface area contributed by atoms with Crippen LogP contribution in [0.1, 0.15) is 28.9 Å². The fourth-order valence-corrected chi connectivity index (χ4v) is 1.50. The molecule has 0 aromatic carbocycles. The Morgan fingerprint density at radius 1 is 1.42 bits per heavy atom. The fraction of sp³-hybridized carbons (Fsp3) is 0.455. The summed E-state index contributed by atoms with van der Waals surface area (Å²) in [5, 5.41) is 0. The minimum absolute atomic E-state index is 0.403. The van der Waals surface area contributed by atoms with Crippen LogP contribution in [0.2, 0.25) is 0 Å². The molecule has 0 aliphatic carbocycles. The lowest BCUT2D eigenvalue weighted by molar-refractivity contribution is -0.143. The highest BCUT2D eigenvalue weighted by Crippen LogP contribution is 2.34. The molecule has 1 rings (SSSR count). The van der Waals surface area contributed by atoms with Crippen LogP contribution in [-0.2, 0) is 22.1 Å². The molecule has 0 saturated heterocycles. The molecule has 106 valence electrons. The maximum absolute atomic E-state index is 12.7. The second-order valence-corrected chi connectivity index (χ2v) is 3.73. The number of methoxy groups -OCH3 is 1. The van der Waals surface area contributed by atoms with E-state index in [-0.39, 0.29) is 0 Å². The molecule has 0 radical (unpaired) electrons. The van der Waals surface area contributed by atoms with Crippen molar-refractivity contribution in [3.8, 4) is 0 Å². The number of rotatable bonds is 3. The molecule has 0 aliphatic heterocycles. The number of halogens is 5. The Bertz CT molecular complexity index is 485. The third-order valence-electron chi connectivity index (χ3n) is 2.42. The maximum atomic E-state index is 12.7. The molecule has 1 heterocycles. The number of hydrogen-bond acceptors (Lipinski definition) is 3. The zero-order valence-corrected chi connectivity index (χ0v) is 10.0. The highest BCUT2D eigenvalue weighted by molar-refractivity contribution is 5.71. The molecule has 0 bridgehead atoms. The normalized spacial score (nSPS) is 11.8. The molecular weight excluding hydrogens is 273 g/mol. The van der Waals surface area contributed by atoms with Crippen molar-refractivity contribution in [2.75, 3.05) is 7.11 Å². The van der Waals surface area contributed by atoms with Crippen LogP contribution in [0.5, 0.6) is 0 Å². The number of pyridine rings is 1. The maximum Gasteiger partial charge on any atom is 0.433 e. The molecule has 1 aromatic heterocycles. The van der Waals surface area contributed by atoms with Crippen LogP contribution in [0.25, 0.3) is 0 Å². The fourth-order valence-electron chi connectivity index (χ4n) is 1.50. The van der Waals surface area contributed by atoms with Crippen LogP contribution in [0, 0.1) is 6.92 Å². The van der Waals surface area contributed by atoms with Crippen molar-refractivity contribution in [2.45, 2.75) is 25.9 Å². The lowest BCUT2D eigenvalue weighted by Crippen LogP contribution is -2.16. The topological polar surface area (TPSA) is 39.2 Å². The standard InChI is InChI=1S/C11H10F5NO2/c1-5-7(10(12)13)3-6(4-8(18)19-2)17-9(5)11(14,15)16/h3,10H,4H2,1-2H3. The van der Waals surface area contributed by atoms with Crippen molar-refractivity contribution in [1.82, 2.24) is 4.98 Å². The van der Waals surface area contributed by atoms with Crippen LogP contribution < -0.4 is 0 Å². The minimum Gasteiger partial charge on any atom is -0.469 e. The van der Waals surface area contributed by atoms with Crippen LogP contribution in [-0.4, -0.2) is 18.1 Å². The number of aromatic nitrogens is 1. The highest BCUT2D eigenvalue weighted by atomic mass is 19.4. The predicted octanol–water partition coefficient (Wildman–Crippen LogP) is 3.06. The number of ether oxygens (including phenoxy) is 1. The number of hydrogen-bond donors (Lipinski definition) is 0. The first-order valence-corrected chi connectivity index (χ1v) is 5.09. The zero-order chi connectivity index (χ0) is 14.8. The van der Waals surface area contributed by atoms with Crippen molar-refractivity contribution in [1.29, 1.82) is 0 Å². The lowest BCUT2D eigenvalue weighted by Gasteiger charge is -2.14. The highest BCUT2D eigenvalue weighted by Gasteiger charge is 2.36. The van der Waals surface area contributed by atoms with E-state index in [1.54, 1.807) is 0 Å². The molecule has 0 unspecified atom stereocenters. The Morgan fingerprint density at radius 3 is 2.42 bits per heavy atom. The van der Waals surface area contributed by atoms with Crippen molar-refractivity contribution in [2.24, 2.45) is 0 Å². The van der Waals surface area contributed by atoms with E-state index in [9.17, 15) is 26.7 Å². The first-order chi connectivity index (χ1) is 8.66. The third-order valence-corrected chi connectivity index (χ3v) is 2.42. The lowest BCUT2D eigenvalue weighted by atomic mass is 10.1. The van der Waals surface area contributed by atoms with Gasteiger partial charge in [0.2, 0.25) is 0 Å². The Morgan fingerprint density at radius 2 is 2.00 bits per heavy atom. The molecule has 0 atom stereocenters. The quantitative estimate of drug-likeness (QED) is 0.632. The van der Waals surface area contributed by atoms with Gasteiger partial charge in [0.05, 0.1) is 19.2 Å². The van der Waals surface area contributed by atoms with Gasteiger partial charge in [-0.2, -0.15) is 13.2 Å². The molecule has 0 N–H and O–H groups in total. The third kappa shape index (κ3) is 3.62. The Balaban J connectivity index is 3.35. The monoisotopic (exact) mass is 283 g/mol. The molecular formula is C11H10F5NO2. The molecule has 0 spiro atoms. The van der Waals surface area contributed by atoms with Crippen LogP contribution in [0.15, 0.2) is 6.07 Å². The second kappa shape index (κ2) is 5.50. The number of carbonyl (C=O) groups excluding carboxylic acids is 1. The second-order valence-electron chi connectivity index (χ2n) is 3.73. The van der Waals surface area contributed by atoms with Gasteiger partial charge in [0, 0.05) is 5.56 Å². The van der Waals surface area contributed by atoms with E-state index in [1.807, 2.05) is 0 Å². The smallest absolute Gasteiger partial charge is 0.433 e. The molecule has 3 nitrogen and oxygen atoms in total. The molecule has 1 aromatic rings. The van der Waals surface area contributed by atoms with Gasteiger partial charge in [-0.05, 0) is 18.6 Å². The van der Waals surface area contributed by atoms with Crippen LogP contribution >= 0.6 is 0 Å². The number of nitrogens with zero attached hydrogens (tertiary/aromatic N) is 1. The van der Waals surface area contributed by atoms with Crippen molar-refractivity contribution < 1.29 is 31.5 Å². The average molecular weight is 283 g/mol. The average Bonchev–Trinajstić information content (AvgIpc) is 2.29. The minimum atomic E-state index is -4.86. The van der Waals surface area contributed by atoms with E-state index in [0.717, 1.165) is 20.1 Å². The van der Waals surface area contributed by atoms with Gasteiger partial charge in [-0.25, -0.2) is 13.8 Å². The van der Waals surface area contributed by atoms with E-state index in [2.05, 4.69) is 9.72 Å². The Labute approximate surface area is 105 Å². The summed E-state index contributed by atoms with van der Waals surface area (Å²) in [4.78, 5) is 14.2. The first kappa shape index (κ1) is 15.3. The number of carbonyl (C=O) groups is 1. The summed E-state index contributed by atoms with van der Waals surface area (Å²) >= 11 is 0. The van der Waals surface area contributed by atoms with Gasteiger partial charge in [-0.3, -0.25) is 4.79 Å². The molecule has 0 saturated carbocycles. The van der Waals surface area contributed by atoms with Gasteiger partial charge in [0.1, 0.15) is 5.69 Å². The van der Waals surface area contributed by atoms with Gasteiger partial charge in [-0.1, -0.05) is 0 Å². The number of alkyl halides is 5. The SMILES string of the molecule is COC(=O)Cc1cc(C(F)F)c(C)c(C(F)(F)F)n1. The molecule has 19 heavy (non-hydrogen) atoms. The zero-order valence-electron chi connectivity index (χ0n) is 10.0.